The summed E-state index contributed by atoms with van der Waals surface area (Å²) in [6.45, 7) is 7.83. The monoisotopic (exact) mass is 510 g/mol. The van der Waals surface area contributed by atoms with Gasteiger partial charge in [-0.1, -0.05) is 17.9 Å². The fourth-order valence-corrected chi connectivity index (χ4v) is 2.52. The summed E-state index contributed by atoms with van der Waals surface area (Å²) >= 11 is 0. The Labute approximate surface area is 181 Å². The summed E-state index contributed by atoms with van der Waals surface area (Å²) in [6.07, 6.45) is -4.36. The number of hydrogen-bond acceptors (Lipinski definition) is 3. The maximum absolute atomic E-state index is 12.7. The van der Waals surface area contributed by atoms with Crippen LogP contribution in [0.4, 0.5) is 13.2 Å². The summed E-state index contributed by atoms with van der Waals surface area (Å²) in [5, 5.41) is 6.20. The van der Waals surface area contributed by atoms with Gasteiger partial charge in [0.05, 0.1) is 31.9 Å². The molecule has 1 fully saturated rings. The number of rotatable bonds is 5. The first-order chi connectivity index (χ1) is 13.0. The quantitative estimate of drug-likeness (QED) is 0.277. The Morgan fingerprint density at radius 2 is 2.00 bits per heavy atom. The van der Waals surface area contributed by atoms with E-state index in [-0.39, 0.29) is 24.0 Å². The maximum Gasteiger partial charge on any atom is 0.416 e. The molecule has 28 heavy (non-hydrogen) atoms. The smallest absolute Gasteiger partial charge is 0.379 e. The van der Waals surface area contributed by atoms with E-state index in [1.54, 1.807) is 6.07 Å². The average Bonchev–Trinajstić information content (AvgIpc) is 2.65. The summed E-state index contributed by atoms with van der Waals surface area (Å²) in [5.41, 5.74) is -0.360. The lowest BCUT2D eigenvalue weighted by molar-refractivity contribution is -0.137. The predicted molar refractivity (Wildman–Crippen MR) is 115 cm³/mol. The van der Waals surface area contributed by atoms with E-state index in [9.17, 15) is 13.2 Å². The van der Waals surface area contributed by atoms with Crippen LogP contribution in [0.15, 0.2) is 29.3 Å². The number of nitrogens with one attached hydrogen (secondary N) is 2. The second kappa shape index (κ2) is 12.9. The van der Waals surface area contributed by atoms with Crippen molar-refractivity contribution in [1.29, 1.82) is 0 Å². The van der Waals surface area contributed by atoms with E-state index in [0.717, 1.165) is 45.0 Å². The van der Waals surface area contributed by atoms with Gasteiger partial charge in [-0.25, -0.2) is 0 Å². The first kappa shape index (κ1) is 24.5. The second-order valence-corrected chi connectivity index (χ2v) is 5.95. The lowest BCUT2D eigenvalue weighted by atomic mass is 10.1. The van der Waals surface area contributed by atoms with E-state index in [4.69, 9.17) is 4.74 Å². The van der Waals surface area contributed by atoms with Gasteiger partial charge in [0, 0.05) is 31.7 Å². The molecular weight excluding hydrogens is 484 g/mol. The van der Waals surface area contributed by atoms with Crippen molar-refractivity contribution in [2.75, 3.05) is 52.5 Å². The molecule has 1 aliphatic rings. The standard InChI is InChI=1S/C19H25F3N4O.HI/c1-2-23-18(25-9-10-26-11-13-27-14-12-26)24-8-4-6-16-5-3-7-17(15-16)19(20,21)22;/h3,5,7,15H,2,8-14H2,1H3,(H2,23,24,25);1H. The molecule has 1 aromatic rings. The van der Waals surface area contributed by atoms with Gasteiger partial charge in [0.25, 0.3) is 0 Å². The minimum Gasteiger partial charge on any atom is -0.379 e. The van der Waals surface area contributed by atoms with Gasteiger partial charge < -0.3 is 15.4 Å². The molecule has 0 spiro atoms. The number of nitrogens with zero attached hydrogens (tertiary/aromatic N) is 2. The van der Waals surface area contributed by atoms with Crippen molar-refractivity contribution >= 4 is 29.9 Å². The van der Waals surface area contributed by atoms with Crippen LogP contribution in [0.1, 0.15) is 18.1 Å². The van der Waals surface area contributed by atoms with Crippen molar-refractivity contribution in [3.63, 3.8) is 0 Å². The first-order valence-electron chi connectivity index (χ1n) is 8.97. The molecule has 1 aromatic carbocycles. The predicted octanol–water partition coefficient (Wildman–Crippen LogP) is 2.56. The molecule has 0 aromatic heterocycles. The summed E-state index contributed by atoms with van der Waals surface area (Å²) in [7, 11) is 0. The molecule has 0 bridgehead atoms. The molecule has 0 amide bonds. The minimum atomic E-state index is -4.36. The molecular formula is C19H26F3IN4O. The molecule has 0 aliphatic carbocycles. The van der Waals surface area contributed by atoms with E-state index in [1.165, 1.54) is 6.07 Å². The Balaban J connectivity index is 0.00000392. The Kier molecular flexibility index (Phi) is 11.3. The van der Waals surface area contributed by atoms with Crippen molar-refractivity contribution < 1.29 is 17.9 Å². The number of benzene rings is 1. The van der Waals surface area contributed by atoms with E-state index >= 15 is 0 Å². The van der Waals surface area contributed by atoms with Crippen LogP contribution in [0.2, 0.25) is 0 Å². The lowest BCUT2D eigenvalue weighted by Gasteiger charge is -2.25. The Morgan fingerprint density at radius 3 is 2.68 bits per heavy atom. The third-order valence-corrected chi connectivity index (χ3v) is 3.90. The molecule has 0 radical (unpaired) electrons. The van der Waals surface area contributed by atoms with Gasteiger partial charge >= 0.3 is 6.18 Å². The van der Waals surface area contributed by atoms with E-state index < -0.39 is 11.7 Å². The number of alkyl halides is 3. The molecule has 1 aliphatic heterocycles. The van der Waals surface area contributed by atoms with Crippen molar-refractivity contribution in [1.82, 2.24) is 15.5 Å². The number of halogens is 4. The van der Waals surface area contributed by atoms with Crippen molar-refractivity contribution in [3.8, 4) is 11.8 Å². The van der Waals surface area contributed by atoms with Crippen LogP contribution in [0.5, 0.6) is 0 Å². The fourth-order valence-electron chi connectivity index (χ4n) is 2.52. The largest absolute Gasteiger partial charge is 0.416 e. The van der Waals surface area contributed by atoms with Crippen LogP contribution in [0.3, 0.4) is 0 Å². The number of ether oxygens (including phenoxy) is 1. The highest BCUT2D eigenvalue weighted by Gasteiger charge is 2.30. The zero-order valence-electron chi connectivity index (χ0n) is 15.8. The van der Waals surface area contributed by atoms with Crippen molar-refractivity contribution in [2.24, 2.45) is 4.99 Å². The van der Waals surface area contributed by atoms with E-state index in [1.807, 2.05) is 6.92 Å². The Bertz CT molecular complexity index is 680. The topological polar surface area (TPSA) is 48.9 Å². The number of guanidine groups is 1. The number of aliphatic imine (C=N–C) groups is 1. The normalized spacial score (nSPS) is 15.2. The number of morpholine rings is 1. The minimum absolute atomic E-state index is 0. The van der Waals surface area contributed by atoms with Gasteiger partial charge in [0.2, 0.25) is 0 Å². The van der Waals surface area contributed by atoms with Gasteiger partial charge in [0.1, 0.15) is 0 Å². The third-order valence-electron chi connectivity index (χ3n) is 3.90. The molecule has 0 atom stereocenters. The van der Waals surface area contributed by atoms with E-state index in [0.29, 0.717) is 31.2 Å². The van der Waals surface area contributed by atoms with Crippen LogP contribution in [-0.4, -0.2) is 63.3 Å². The highest BCUT2D eigenvalue weighted by molar-refractivity contribution is 14.0. The van der Waals surface area contributed by atoms with Gasteiger partial charge in [-0.05, 0) is 25.1 Å². The van der Waals surface area contributed by atoms with Gasteiger partial charge in [-0.15, -0.1) is 24.0 Å². The molecule has 0 unspecified atom stereocenters. The molecule has 2 rings (SSSR count). The zero-order chi connectivity index (χ0) is 19.5. The van der Waals surface area contributed by atoms with Crippen molar-refractivity contribution in [3.05, 3.63) is 35.4 Å². The Hall–Kier alpha value is -1.51. The molecule has 1 heterocycles. The summed E-state index contributed by atoms with van der Waals surface area (Å²) in [4.78, 5) is 6.79. The maximum atomic E-state index is 12.7. The lowest BCUT2D eigenvalue weighted by Crippen LogP contribution is -2.40. The molecule has 156 valence electrons. The SMILES string of the molecule is CCNC(=NCCN1CCOCC1)NCC#Cc1cccc(C(F)(F)F)c1.I. The molecule has 1 saturated heterocycles. The first-order valence-corrected chi connectivity index (χ1v) is 8.97. The number of hydrogen-bond donors (Lipinski definition) is 2. The van der Waals surface area contributed by atoms with Crippen LogP contribution < -0.4 is 10.6 Å². The van der Waals surface area contributed by atoms with Gasteiger partial charge in [0.15, 0.2) is 5.96 Å². The molecule has 5 nitrogen and oxygen atoms in total. The van der Waals surface area contributed by atoms with Crippen LogP contribution in [0.25, 0.3) is 0 Å². The van der Waals surface area contributed by atoms with Crippen molar-refractivity contribution in [2.45, 2.75) is 13.1 Å². The summed E-state index contributed by atoms with van der Waals surface area (Å²) < 4.78 is 43.4. The highest BCUT2D eigenvalue weighted by atomic mass is 127. The fraction of sp³-hybridized carbons (Fsp3) is 0.526. The second-order valence-electron chi connectivity index (χ2n) is 5.95. The molecule has 0 saturated carbocycles. The zero-order valence-corrected chi connectivity index (χ0v) is 18.1. The average molecular weight is 510 g/mol. The Morgan fingerprint density at radius 1 is 1.25 bits per heavy atom. The van der Waals surface area contributed by atoms with Crippen LogP contribution in [-0.2, 0) is 10.9 Å². The van der Waals surface area contributed by atoms with Crippen LogP contribution >= 0.6 is 24.0 Å². The highest BCUT2D eigenvalue weighted by Crippen LogP contribution is 2.29. The molecule has 2 N–H and O–H groups in total. The molecule has 9 heteroatoms. The van der Waals surface area contributed by atoms with Gasteiger partial charge in [-0.2, -0.15) is 13.2 Å². The van der Waals surface area contributed by atoms with Gasteiger partial charge in [-0.3, -0.25) is 9.89 Å². The third kappa shape index (κ3) is 9.12. The van der Waals surface area contributed by atoms with Crippen LogP contribution in [0, 0.1) is 11.8 Å². The van der Waals surface area contributed by atoms with E-state index in [2.05, 4.69) is 32.4 Å². The summed E-state index contributed by atoms with van der Waals surface area (Å²) in [5.74, 6) is 6.22. The summed E-state index contributed by atoms with van der Waals surface area (Å²) in [6, 6.07) is 5.00.